The molecule has 0 unspecified atom stereocenters. The second kappa shape index (κ2) is 3.32. The summed E-state index contributed by atoms with van der Waals surface area (Å²) < 4.78 is 13.2. The zero-order chi connectivity index (χ0) is 8.27. The first-order valence-corrected chi connectivity index (χ1v) is 3.39. The summed E-state index contributed by atoms with van der Waals surface area (Å²) in [5.74, 6) is -0.882. The molecule has 56 valence electrons. The molecule has 0 saturated heterocycles. The highest BCUT2D eigenvalue weighted by atomic mass is 79.9. The Labute approximate surface area is 69.8 Å². The van der Waals surface area contributed by atoms with Crippen molar-refractivity contribution in [1.82, 2.24) is 4.98 Å². The Morgan fingerprint density at radius 2 is 2.45 bits per heavy atom. The predicted molar refractivity (Wildman–Crippen MR) is 40.7 cm³/mol. The van der Waals surface area contributed by atoms with Crippen molar-refractivity contribution in [3.63, 3.8) is 0 Å². The molecule has 0 aliphatic carbocycles. The molecule has 0 bridgehead atoms. The number of rotatable bonds is 1. The van der Waals surface area contributed by atoms with Crippen molar-refractivity contribution in [3.05, 3.63) is 33.0 Å². The molecule has 0 fully saturated rings. The van der Waals surface area contributed by atoms with Crippen LogP contribution in [0.4, 0.5) is 10.2 Å². The maximum absolute atomic E-state index is 12.7. The Morgan fingerprint density at radius 1 is 1.73 bits per heavy atom. The number of pyridine rings is 1. The number of aromatic nitrogens is 1. The second-order valence-electron chi connectivity index (χ2n) is 1.65. The van der Waals surface area contributed by atoms with Crippen LogP contribution in [0.5, 0.6) is 0 Å². The highest BCUT2D eigenvalue weighted by Crippen LogP contribution is 2.18. The van der Waals surface area contributed by atoms with E-state index in [0.29, 0.717) is 4.47 Å². The summed E-state index contributed by atoms with van der Waals surface area (Å²) in [5.41, 5.74) is 7.95. The Morgan fingerprint density at radius 3 is 3.00 bits per heavy atom. The molecule has 6 heteroatoms. The van der Waals surface area contributed by atoms with Crippen LogP contribution in [0.2, 0.25) is 0 Å². The minimum Gasteiger partial charge on any atom is -0.250 e. The van der Waals surface area contributed by atoms with E-state index in [1.54, 1.807) is 0 Å². The average Bonchev–Trinajstić information content (AvgIpc) is 1.95. The van der Waals surface area contributed by atoms with Gasteiger partial charge >= 0.3 is 0 Å². The van der Waals surface area contributed by atoms with E-state index < -0.39 is 5.82 Å². The van der Waals surface area contributed by atoms with E-state index in [4.69, 9.17) is 5.53 Å². The summed E-state index contributed by atoms with van der Waals surface area (Å²) in [4.78, 5) is 5.93. The van der Waals surface area contributed by atoms with Gasteiger partial charge in [0.1, 0.15) is 0 Å². The maximum atomic E-state index is 12.7. The third-order valence-electron chi connectivity index (χ3n) is 0.928. The van der Waals surface area contributed by atoms with E-state index >= 15 is 0 Å². The van der Waals surface area contributed by atoms with Gasteiger partial charge in [-0.1, -0.05) is 0 Å². The molecule has 0 saturated carbocycles. The van der Waals surface area contributed by atoms with E-state index in [9.17, 15) is 4.39 Å². The van der Waals surface area contributed by atoms with Crippen molar-refractivity contribution in [2.75, 3.05) is 0 Å². The van der Waals surface area contributed by atoms with Gasteiger partial charge in [0, 0.05) is 15.6 Å². The maximum Gasteiger partial charge on any atom is 0.162 e. The van der Waals surface area contributed by atoms with Gasteiger partial charge in [0.2, 0.25) is 0 Å². The van der Waals surface area contributed by atoms with Gasteiger partial charge in [-0.2, -0.15) is 0 Å². The smallest absolute Gasteiger partial charge is 0.162 e. The van der Waals surface area contributed by atoms with Gasteiger partial charge in [0.25, 0.3) is 0 Å². The Kier molecular flexibility index (Phi) is 2.40. The minimum atomic E-state index is -0.642. The van der Waals surface area contributed by atoms with Gasteiger partial charge in [0.05, 0.1) is 0 Å². The van der Waals surface area contributed by atoms with Crippen molar-refractivity contribution in [2.24, 2.45) is 5.11 Å². The molecular formula is C5H2BrFN4. The molecule has 1 heterocycles. The molecule has 0 amide bonds. The van der Waals surface area contributed by atoms with Crippen LogP contribution in [0.3, 0.4) is 0 Å². The standard InChI is InChI=1S/C5H2BrFN4/c6-3-1-4(7)5(9-2-3)10-11-8/h1-2H. The van der Waals surface area contributed by atoms with Crippen molar-refractivity contribution in [3.8, 4) is 0 Å². The molecule has 1 aromatic heterocycles. The lowest BCUT2D eigenvalue weighted by Gasteiger charge is -1.92. The number of hydrogen-bond donors (Lipinski definition) is 0. The molecular weight excluding hydrogens is 215 g/mol. The largest absolute Gasteiger partial charge is 0.250 e. The normalized spacial score (nSPS) is 8.91. The molecule has 0 aromatic carbocycles. The van der Waals surface area contributed by atoms with Gasteiger partial charge in [-0.05, 0) is 32.6 Å². The summed E-state index contributed by atoms with van der Waals surface area (Å²) >= 11 is 3.01. The Balaban J connectivity index is 3.19. The zero-order valence-electron chi connectivity index (χ0n) is 5.20. The first-order valence-electron chi connectivity index (χ1n) is 2.60. The van der Waals surface area contributed by atoms with Crippen LogP contribution in [-0.4, -0.2) is 4.98 Å². The van der Waals surface area contributed by atoms with E-state index in [2.05, 4.69) is 30.9 Å². The molecule has 0 aliphatic heterocycles. The third-order valence-corrected chi connectivity index (χ3v) is 1.36. The molecule has 0 radical (unpaired) electrons. The van der Waals surface area contributed by atoms with Crippen LogP contribution in [-0.2, 0) is 0 Å². The van der Waals surface area contributed by atoms with Gasteiger partial charge < -0.3 is 0 Å². The van der Waals surface area contributed by atoms with E-state index in [1.165, 1.54) is 12.3 Å². The van der Waals surface area contributed by atoms with E-state index in [0.717, 1.165) is 0 Å². The zero-order valence-corrected chi connectivity index (χ0v) is 6.79. The number of azide groups is 1. The quantitative estimate of drug-likeness (QED) is 0.405. The summed E-state index contributed by atoms with van der Waals surface area (Å²) in [6.07, 6.45) is 1.35. The van der Waals surface area contributed by atoms with Crippen molar-refractivity contribution in [2.45, 2.75) is 0 Å². The molecule has 0 spiro atoms. The molecule has 4 nitrogen and oxygen atoms in total. The summed E-state index contributed by atoms with van der Waals surface area (Å²) in [6, 6.07) is 1.18. The summed E-state index contributed by atoms with van der Waals surface area (Å²) in [7, 11) is 0. The monoisotopic (exact) mass is 216 g/mol. The minimum absolute atomic E-state index is 0.240. The van der Waals surface area contributed by atoms with Crippen LogP contribution in [0.15, 0.2) is 21.9 Å². The van der Waals surface area contributed by atoms with Crippen molar-refractivity contribution < 1.29 is 4.39 Å². The molecule has 1 rings (SSSR count). The van der Waals surface area contributed by atoms with Gasteiger partial charge in [-0.3, -0.25) is 4.98 Å². The summed E-state index contributed by atoms with van der Waals surface area (Å²) in [6.45, 7) is 0. The van der Waals surface area contributed by atoms with Crippen LogP contribution in [0, 0.1) is 5.82 Å². The fourth-order valence-corrected chi connectivity index (χ4v) is 0.827. The van der Waals surface area contributed by atoms with Crippen molar-refractivity contribution in [1.29, 1.82) is 0 Å². The highest BCUT2D eigenvalue weighted by molar-refractivity contribution is 9.10. The molecule has 0 N–H and O–H groups in total. The van der Waals surface area contributed by atoms with Crippen LogP contribution < -0.4 is 0 Å². The highest BCUT2D eigenvalue weighted by Gasteiger charge is 2.00. The number of hydrogen-bond acceptors (Lipinski definition) is 2. The predicted octanol–water partition coefficient (Wildman–Crippen LogP) is 2.92. The topological polar surface area (TPSA) is 61.7 Å². The first-order chi connectivity index (χ1) is 5.24. The number of nitrogens with zero attached hydrogens (tertiary/aromatic N) is 4. The third kappa shape index (κ3) is 1.89. The lowest BCUT2D eigenvalue weighted by Crippen LogP contribution is -1.79. The van der Waals surface area contributed by atoms with E-state index in [1.807, 2.05) is 0 Å². The fraction of sp³-hybridized carbons (Fsp3) is 0. The fourth-order valence-electron chi connectivity index (χ4n) is 0.523. The van der Waals surface area contributed by atoms with Gasteiger partial charge in [-0.15, -0.1) is 0 Å². The molecule has 0 atom stereocenters. The van der Waals surface area contributed by atoms with Crippen LogP contribution in [0.1, 0.15) is 0 Å². The Hall–Kier alpha value is -1.13. The first kappa shape index (κ1) is 7.97. The molecule has 11 heavy (non-hydrogen) atoms. The molecule has 1 aromatic rings. The lowest BCUT2D eigenvalue weighted by molar-refractivity contribution is 0.622. The molecule has 0 aliphatic rings. The Bertz CT molecular complexity index is 320. The number of halogens is 2. The van der Waals surface area contributed by atoms with E-state index in [-0.39, 0.29) is 5.82 Å². The van der Waals surface area contributed by atoms with Crippen molar-refractivity contribution >= 4 is 21.7 Å². The average molecular weight is 217 g/mol. The van der Waals surface area contributed by atoms with Gasteiger partial charge in [-0.25, -0.2) is 4.39 Å². The SMILES string of the molecule is [N-]=[N+]=Nc1ncc(Br)cc1F. The second-order valence-corrected chi connectivity index (χ2v) is 2.56. The van der Waals surface area contributed by atoms with Crippen LogP contribution in [0.25, 0.3) is 10.4 Å². The summed E-state index contributed by atoms with van der Waals surface area (Å²) in [5, 5.41) is 3.02. The van der Waals surface area contributed by atoms with Gasteiger partial charge in [0.15, 0.2) is 11.6 Å². The van der Waals surface area contributed by atoms with Crippen LogP contribution >= 0.6 is 15.9 Å². The lowest BCUT2D eigenvalue weighted by atomic mass is 10.4.